The van der Waals surface area contributed by atoms with Crippen molar-refractivity contribution in [3.8, 4) is 23.0 Å². The van der Waals surface area contributed by atoms with Gasteiger partial charge < -0.3 is 35.0 Å². The first kappa shape index (κ1) is 30.0. The number of piperidine rings is 1. The highest BCUT2D eigenvalue weighted by molar-refractivity contribution is 6.30. The van der Waals surface area contributed by atoms with Crippen LogP contribution in [0.5, 0.6) is 23.0 Å². The first-order chi connectivity index (χ1) is 20.0. The Bertz CT molecular complexity index is 1450. The molecule has 0 saturated carbocycles. The molecule has 3 aromatic rings. The predicted octanol–water partition coefficient (Wildman–Crippen LogP) is 5.90. The average molecular weight is 595 g/mol. The van der Waals surface area contributed by atoms with Gasteiger partial charge >= 0.3 is 0 Å². The third-order valence-electron chi connectivity index (χ3n) is 8.65. The smallest absolute Gasteiger partial charge is 0.259 e. The van der Waals surface area contributed by atoms with E-state index in [1.54, 1.807) is 12.1 Å². The highest BCUT2D eigenvalue weighted by Gasteiger charge is 2.42. The Labute approximate surface area is 251 Å². The van der Waals surface area contributed by atoms with Crippen molar-refractivity contribution in [1.29, 1.82) is 0 Å². The Morgan fingerprint density at radius 3 is 2.62 bits per heavy atom. The number of aliphatic hydroxyl groups is 1. The van der Waals surface area contributed by atoms with Crippen molar-refractivity contribution in [1.82, 2.24) is 4.90 Å². The molecule has 0 radical (unpaired) electrons. The van der Waals surface area contributed by atoms with Crippen LogP contribution in [0.25, 0.3) is 0 Å². The second-order valence-corrected chi connectivity index (χ2v) is 12.5. The van der Waals surface area contributed by atoms with Crippen LogP contribution < -0.4 is 14.8 Å². The van der Waals surface area contributed by atoms with Gasteiger partial charge in [0.2, 0.25) is 0 Å². The maximum atomic E-state index is 13.2. The minimum atomic E-state index is -0.810. The van der Waals surface area contributed by atoms with E-state index in [9.17, 15) is 20.1 Å². The zero-order valence-electron chi connectivity index (χ0n) is 24.3. The van der Waals surface area contributed by atoms with E-state index in [1.165, 1.54) is 18.2 Å². The van der Waals surface area contributed by atoms with Crippen molar-refractivity contribution < 1.29 is 29.6 Å². The van der Waals surface area contributed by atoms with Crippen LogP contribution in [-0.2, 0) is 11.8 Å². The van der Waals surface area contributed by atoms with E-state index in [1.807, 2.05) is 24.3 Å². The largest absolute Gasteiger partial charge is 0.508 e. The van der Waals surface area contributed by atoms with E-state index in [0.29, 0.717) is 17.3 Å². The van der Waals surface area contributed by atoms with Crippen LogP contribution in [0.4, 0.5) is 5.69 Å². The van der Waals surface area contributed by atoms with Crippen LogP contribution >= 0.6 is 11.6 Å². The number of nitrogens with zero attached hydrogens (tertiary/aromatic N) is 1. The molecule has 2 aliphatic heterocycles. The molecule has 2 heterocycles. The van der Waals surface area contributed by atoms with Crippen molar-refractivity contribution in [3.05, 3.63) is 76.3 Å². The van der Waals surface area contributed by atoms with Crippen LogP contribution in [0.2, 0.25) is 5.02 Å². The summed E-state index contributed by atoms with van der Waals surface area (Å²) in [7, 11) is 0. The molecule has 0 aliphatic carbocycles. The van der Waals surface area contributed by atoms with Gasteiger partial charge in [-0.1, -0.05) is 38.4 Å². The summed E-state index contributed by atoms with van der Waals surface area (Å²) in [6.45, 7) is 8.18. The van der Waals surface area contributed by atoms with Crippen LogP contribution in [0.3, 0.4) is 0 Å². The normalized spacial score (nSPS) is 17.0. The number of aliphatic hydroxyl groups excluding tert-OH is 1. The number of β-amino-alcohol motifs (C(OH)–C–C–N with tert-alkyl or cyclic N) is 1. The molecule has 1 saturated heterocycles. The van der Waals surface area contributed by atoms with Gasteiger partial charge in [0.1, 0.15) is 41.3 Å². The summed E-state index contributed by atoms with van der Waals surface area (Å²) in [6, 6.07) is 15.2. The lowest BCUT2D eigenvalue weighted by molar-refractivity contribution is -0.00200. The van der Waals surface area contributed by atoms with E-state index in [-0.39, 0.29) is 40.4 Å². The fourth-order valence-corrected chi connectivity index (χ4v) is 5.82. The van der Waals surface area contributed by atoms with Crippen LogP contribution in [0.1, 0.15) is 61.5 Å². The van der Waals surface area contributed by atoms with Crippen molar-refractivity contribution in [2.75, 3.05) is 31.6 Å². The summed E-state index contributed by atoms with van der Waals surface area (Å²) in [5.74, 6) is 0.436. The monoisotopic (exact) mass is 594 g/mol. The first-order valence-corrected chi connectivity index (χ1v) is 14.8. The number of rotatable bonds is 9. The van der Waals surface area contributed by atoms with Gasteiger partial charge in [-0.2, -0.15) is 0 Å². The predicted molar refractivity (Wildman–Crippen MR) is 163 cm³/mol. The van der Waals surface area contributed by atoms with Crippen LogP contribution in [0.15, 0.2) is 54.6 Å². The average Bonchev–Trinajstić information content (AvgIpc) is 3.31. The van der Waals surface area contributed by atoms with Gasteiger partial charge in [-0.3, -0.25) is 4.79 Å². The lowest BCUT2D eigenvalue weighted by Crippen LogP contribution is -2.49. The van der Waals surface area contributed by atoms with E-state index in [2.05, 4.69) is 31.0 Å². The molecular weight excluding hydrogens is 556 g/mol. The van der Waals surface area contributed by atoms with Crippen molar-refractivity contribution in [2.45, 2.75) is 63.6 Å². The Kier molecular flexibility index (Phi) is 8.60. The topological polar surface area (TPSA) is 111 Å². The molecular formula is C33H39ClN2O6. The molecule has 5 rings (SSSR count). The number of anilines is 1. The molecule has 3 aromatic carbocycles. The number of halogens is 1. The summed E-state index contributed by atoms with van der Waals surface area (Å²) in [5.41, 5.74) is 2.24. The molecule has 0 aromatic heterocycles. The maximum absolute atomic E-state index is 13.2. The number of phenolic OH excluding ortho intramolecular Hbond substituents is 2. The summed E-state index contributed by atoms with van der Waals surface area (Å²) in [6.07, 6.45) is 2.60. The second kappa shape index (κ2) is 12.0. The van der Waals surface area contributed by atoms with Crippen molar-refractivity contribution in [2.24, 2.45) is 0 Å². The number of fused-ring (bicyclic) bond motifs is 1. The molecule has 2 aliphatic rings. The number of phenols is 2. The van der Waals surface area contributed by atoms with Crippen molar-refractivity contribution >= 4 is 23.2 Å². The zero-order valence-corrected chi connectivity index (χ0v) is 25.1. The summed E-state index contributed by atoms with van der Waals surface area (Å²) < 4.78 is 12.2. The zero-order chi connectivity index (χ0) is 30.1. The Hall–Kier alpha value is -3.46. The van der Waals surface area contributed by atoms with Gasteiger partial charge in [0.15, 0.2) is 0 Å². The lowest BCUT2D eigenvalue weighted by atomic mass is 9.82. The van der Waals surface area contributed by atoms with E-state index in [0.717, 1.165) is 55.6 Å². The van der Waals surface area contributed by atoms with Gasteiger partial charge in [0, 0.05) is 50.0 Å². The Morgan fingerprint density at radius 1 is 1.12 bits per heavy atom. The minimum Gasteiger partial charge on any atom is -0.508 e. The molecule has 8 nitrogen and oxygen atoms in total. The third-order valence-corrected chi connectivity index (χ3v) is 8.88. The number of carbonyl (C=O) groups excluding carboxylic acids is 1. The Morgan fingerprint density at radius 2 is 1.88 bits per heavy atom. The number of benzene rings is 3. The molecule has 224 valence electrons. The maximum Gasteiger partial charge on any atom is 0.259 e. The number of hydrogen-bond acceptors (Lipinski definition) is 7. The molecule has 0 bridgehead atoms. The standard InChI is InChI=1S/C33H39ClN2O6/c1-4-32(2,3)22-5-9-28(39)27(16-22)35-31(40)26-8-7-24(37)17-30(26)41-20-25(38)19-36-13-11-33(12-14-36)18-21-15-23(34)6-10-29(21)42-33/h5-10,15-17,25,37-39H,4,11-14,18-20H2,1-3H3,(H,35,40)/t25-/m0/s1. The van der Waals surface area contributed by atoms with E-state index >= 15 is 0 Å². The molecule has 1 spiro atoms. The van der Waals surface area contributed by atoms with Gasteiger partial charge in [0.05, 0.1) is 11.3 Å². The molecule has 1 fully saturated rings. The highest BCUT2D eigenvalue weighted by atomic mass is 35.5. The van der Waals surface area contributed by atoms with Gasteiger partial charge in [0.25, 0.3) is 5.91 Å². The number of ether oxygens (including phenoxy) is 2. The Balaban J connectivity index is 1.17. The van der Waals surface area contributed by atoms with Gasteiger partial charge in [-0.15, -0.1) is 0 Å². The van der Waals surface area contributed by atoms with Crippen LogP contribution in [0, 0.1) is 0 Å². The number of nitrogens with one attached hydrogen (secondary N) is 1. The molecule has 4 N–H and O–H groups in total. The fraction of sp³-hybridized carbons (Fsp3) is 0.424. The molecule has 42 heavy (non-hydrogen) atoms. The third kappa shape index (κ3) is 6.61. The number of carbonyl (C=O) groups is 1. The molecule has 9 heteroatoms. The quantitative estimate of drug-likeness (QED) is 0.228. The highest BCUT2D eigenvalue weighted by Crippen LogP contribution is 2.42. The van der Waals surface area contributed by atoms with E-state index in [4.69, 9.17) is 21.1 Å². The minimum absolute atomic E-state index is 0.0466. The van der Waals surface area contributed by atoms with Crippen molar-refractivity contribution in [3.63, 3.8) is 0 Å². The number of amides is 1. The number of hydrogen-bond donors (Lipinski definition) is 4. The summed E-state index contributed by atoms with van der Waals surface area (Å²) in [4.78, 5) is 15.4. The number of aromatic hydroxyl groups is 2. The summed E-state index contributed by atoms with van der Waals surface area (Å²) >= 11 is 6.16. The van der Waals surface area contributed by atoms with Crippen LogP contribution in [-0.4, -0.2) is 64.1 Å². The molecule has 1 atom stereocenters. The SMILES string of the molecule is CCC(C)(C)c1ccc(O)c(NC(=O)c2ccc(O)cc2OC[C@@H](O)CN2CCC3(CC2)Cc2cc(Cl)ccc2O3)c1. The van der Waals surface area contributed by atoms with Gasteiger partial charge in [-0.05, 0) is 65.4 Å². The number of likely N-dealkylation sites (tertiary alicyclic amines) is 1. The second-order valence-electron chi connectivity index (χ2n) is 12.1. The summed E-state index contributed by atoms with van der Waals surface area (Å²) in [5, 5.41) is 34.7. The fourth-order valence-electron chi connectivity index (χ4n) is 5.63. The molecule has 1 amide bonds. The first-order valence-electron chi connectivity index (χ1n) is 14.5. The van der Waals surface area contributed by atoms with E-state index < -0.39 is 12.0 Å². The van der Waals surface area contributed by atoms with Gasteiger partial charge in [-0.25, -0.2) is 0 Å². The molecule has 0 unspecified atom stereocenters. The lowest BCUT2D eigenvalue weighted by Gasteiger charge is -2.39.